The van der Waals surface area contributed by atoms with Crippen molar-refractivity contribution in [3.05, 3.63) is 59.2 Å². The Bertz CT molecular complexity index is 877. The quantitative estimate of drug-likeness (QED) is 0.695. The number of ketones is 1. The van der Waals surface area contributed by atoms with Gasteiger partial charge in [0.25, 0.3) is 0 Å². The number of amides is 1. The van der Waals surface area contributed by atoms with Gasteiger partial charge in [-0.1, -0.05) is 24.3 Å². The van der Waals surface area contributed by atoms with Gasteiger partial charge >= 0.3 is 6.18 Å². The van der Waals surface area contributed by atoms with Gasteiger partial charge in [-0.05, 0) is 48.6 Å². The van der Waals surface area contributed by atoms with Crippen molar-refractivity contribution < 1.29 is 27.5 Å². The summed E-state index contributed by atoms with van der Waals surface area (Å²) < 4.78 is 41.8. The lowest BCUT2D eigenvalue weighted by Gasteiger charge is -2.13. The van der Waals surface area contributed by atoms with E-state index in [1.807, 2.05) is 12.1 Å². The molecular formula is C21H20F3NO3. The molecule has 2 aromatic rings. The first kappa shape index (κ1) is 19.9. The zero-order valence-corrected chi connectivity index (χ0v) is 15.1. The molecule has 0 saturated heterocycles. The molecule has 0 bridgehead atoms. The summed E-state index contributed by atoms with van der Waals surface area (Å²) in [6.07, 6.45) is -1.43. The lowest BCUT2D eigenvalue weighted by atomic mass is 10.0. The summed E-state index contributed by atoms with van der Waals surface area (Å²) in [5.74, 6) is -0.665. The Hall–Kier alpha value is -2.83. The smallest absolute Gasteiger partial charge is 0.422 e. The molecule has 0 fully saturated rings. The molecule has 0 atom stereocenters. The van der Waals surface area contributed by atoms with Gasteiger partial charge in [-0.3, -0.25) is 9.59 Å². The van der Waals surface area contributed by atoms with Gasteiger partial charge in [-0.2, -0.15) is 13.2 Å². The first-order chi connectivity index (χ1) is 13.3. The number of carbonyl (C=O) groups is 2. The van der Waals surface area contributed by atoms with E-state index in [1.165, 1.54) is 29.3 Å². The third kappa shape index (κ3) is 5.34. The van der Waals surface area contributed by atoms with E-state index < -0.39 is 18.7 Å². The number of rotatable bonds is 7. The van der Waals surface area contributed by atoms with E-state index in [2.05, 4.69) is 5.32 Å². The largest absolute Gasteiger partial charge is 0.482 e. The monoisotopic (exact) mass is 391 g/mol. The van der Waals surface area contributed by atoms with E-state index in [4.69, 9.17) is 4.74 Å². The number of nitrogens with one attached hydrogen (secondary N) is 1. The highest BCUT2D eigenvalue weighted by Crippen LogP contribution is 2.27. The summed E-state index contributed by atoms with van der Waals surface area (Å²) in [6, 6.07) is 11.5. The van der Waals surface area contributed by atoms with Crippen LogP contribution in [0.2, 0.25) is 0 Å². The molecule has 0 unspecified atom stereocenters. The second-order valence-corrected chi connectivity index (χ2v) is 6.71. The number of halogens is 3. The molecule has 1 amide bonds. The SMILES string of the molecule is O=C(CCC(=O)c1ccc2c(c1)CCC2)Nc1ccccc1OCC(F)(F)F. The zero-order chi connectivity index (χ0) is 20.1. The molecule has 148 valence electrons. The summed E-state index contributed by atoms with van der Waals surface area (Å²) in [5, 5.41) is 2.51. The predicted octanol–water partition coefficient (Wildman–Crippen LogP) is 4.72. The van der Waals surface area contributed by atoms with Crippen LogP contribution in [-0.2, 0) is 17.6 Å². The number of ether oxygens (including phenoxy) is 1. The third-order valence-corrected chi connectivity index (χ3v) is 4.55. The Morgan fingerprint density at radius 1 is 1.00 bits per heavy atom. The van der Waals surface area contributed by atoms with Crippen LogP contribution in [0.3, 0.4) is 0 Å². The summed E-state index contributed by atoms with van der Waals surface area (Å²) in [5.41, 5.74) is 3.18. The van der Waals surface area contributed by atoms with Gasteiger partial charge in [0.1, 0.15) is 5.75 Å². The van der Waals surface area contributed by atoms with Gasteiger partial charge < -0.3 is 10.1 Å². The van der Waals surface area contributed by atoms with Crippen molar-refractivity contribution in [2.75, 3.05) is 11.9 Å². The average molecular weight is 391 g/mol. The fourth-order valence-corrected chi connectivity index (χ4v) is 3.18. The van der Waals surface area contributed by atoms with Crippen molar-refractivity contribution in [3.8, 4) is 5.75 Å². The Kier molecular flexibility index (Phi) is 6.02. The van der Waals surface area contributed by atoms with Gasteiger partial charge in [0.05, 0.1) is 5.69 Å². The van der Waals surface area contributed by atoms with E-state index in [9.17, 15) is 22.8 Å². The molecule has 28 heavy (non-hydrogen) atoms. The summed E-state index contributed by atoms with van der Waals surface area (Å²) in [7, 11) is 0. The second-order valence-electron chi connectivity index (χ2n) is 6.71. The van der Waals surface area contributed by atoms with Crippen molar-refractivity contribution in [2.24, 2.45) is 0 Å². The van der Waals surface area contributed by atoms with Crippen molar-refractivity contribution in [2.45, 2.75) is 38.3 Å². The van der Waals surface area contributed by atoms with E-state index in [0.29, 0.717) is 5.56 Å². The van der Waals surface area contributed by atoms with Crippen LogP contribution in [0.15, 0.2) is 42.5 Å². The van der Waals surface area contributed by atoms with Gasteiger partial charge in [-0.15, -0.1) is 0 Å². The van der Waals surface area contributed by atoms with Gasteiger partial charge in [0, 0.05) is 18.4 Å². The number of Topliss-reactive ketones (excluding diaryl/α,β-unsaturated/α-hetero) is 1. The van der Waals surface area contributed by atoms with Crippen molar-refractivity contribution >= 4 is 17.4 Å². The van der Waals surface area contributed by atoms with Crippen LogP contribution in [-0.4, -0.2) is 24.5 Å². The Balaban J connectivity index is 1.55. The first-order valence-corrected chi connectivity index (χ1v) is 9.05. The van der Waals surface area contributed by atoms with E-state index in [-0.39, 0.29) is 30.1 Å². The molecule has 1 aliphatic carbocycles. The maximum absolute atomic E-state index is 12.4. The minimum atomic E-state index is -4.47. The topological polar surface area (TPSA) is 55.4 Å². The Labute approximate surface area is 160 Å². The highest BCUT2D eigenvalue weighted by Gasteiger charge is 2.29. The van der Waals surface area contributed by atoms with Crippen LogP contribution in [0, 0.1) is 0 Å². The number of aryl methyl sites for hydroxylation is 2. The predicted molar refractivity (Wildman–Crippen MR) is 98.7 cm³/mol. The highest BCUT2D eigenvalue weighted by molar-refractivity contribution is 6.00. The van der Waals surface area contributed by atoms with Crippen LogP contribution in [0.4, 0.5) is 18.9 Å². The number of anilines is 1. The van der Waals surface area contributed by atoms with Crippen LogP contribution in [0.5, 0.6) is 5.75 Å². The fourth-order valence-electron chi connectivity index (χ4n) is 3.18. The van der Waals surface area contributed by atoms with Crippen LogP contribution < -0.4 is 10.1 Å². The number of benzene rings is 2. The number of para-hydroxylation sites is 2. The van der Waals surface area contributed by atoms with Crippen LogP contribution >= 0.6 is 0 Å². The number of hydrogen-bond donors (Lipinski definition) is 1. The normalized spacial score (nSPS) is 13.1. The molecule has 0 aromatic heterocycles. The summed E-state index contributed by atoms with van der Waals surface area (Å²) in [4.78, 5) is 24.5. The molecule has 0 spiro atoms. The minimum absolute atomic E-state index is 0.0240. The number of carbonyl (C=O) groups excluding carboxylic acids is 2. The van der Waals surface area contributed by atoms with E-state index >= 15 is 0 Å². The Morgan fingerprint density at radius 2 is 1.75 bits per heavy atom. The Morgan fingerprint density at radius 3 is 2.54 bits per heavy atom. The van der Waals surface area contributed by atoms with Crippen LogP contribution in [0.25, 0.3) is 0 Å². The highest BCUT2D eigenvalue weighted by atomic mass is 19.4. The lowest BCUT2D eigenvalue weighted by Crippen LogP contribution is -2.20. The number of hydrogen-bond acceptors (Lipinski definition) is 3. The molecule has 7 heteroatoms. The molecule has 0 radical (unpaired) electrons. The van der Waals surface area contributed by atoms with E-state index in [1.54, 1.807) is 12.1 Å². The average Bonchev–Trinajstić information content (AvgIpc) is 3.12. The summed E-state index contributed by atoms with van der Waals surface area (Å²) >= 11 is 0. The molecular weight excluding hydrogens is 371 g/mol. The minimum Gasteiger partial charge on any atom is -0.482 e. The van der Waals surface area contributed by atoms with Crippen LogP contribution in [0.1, 0.15) is 40.7 Å². The van der Waals surface area contributed by atoms with Gasteiger partial charge in [0.15, 0.2) is 12.4 Å². The molecule has 1 aliphatic rings. The fraction of sp³-hybridized carbons (Fsp3) is 0.333. The molecule has 4 nitrogen and oxygen atoms in total. The van der Waals surface area contributed by atoms with Gasteiger partial charge in [0.2, 0.25) is 5.91 Å². The lowest BCUT2D eigenvalue weighted by molar-refractivity contribution is -0.153. The van der Waals surface area contributed by atoms with E-state index in [0.717, 1.165) is 19.3 Å². The second kappa shape index (κ2) is 8.46. The number of alkyl halides is 3. The first-order valence-electron chi connectivity index (χ1n) is 9.05. The number of fused-ring (bicyclic) bond motifs is 1. The maximum Gasteiger partial charge on any atom is 0.422 e. The van der Waals surface area contributed by atoms with Crippen molar-refractivity contribution in [1.82, 2.24) is 0 Å². The van der Waals surface area contributed by atoms with Gasteiger partial charge in [-0.25, -0.2) is 0 Å². The zero-order valence-electron chi connectivity index (χ0n) is 15.1. The molecule has 3 rings (SSSR count). The van der Waals surface area contributed by atoms with Crippen molar-refractivity contribution in [3.63, 3.8) is 0 Å². The third-order valence-electron chi connectivity index (χ3n) is 4.55. The standard InChI is InChI=1S/C21H20F3NO3/c22-21(23,24)13-28-19-7-2-1-6-17(19)25-20(27)11-10-18(26)16-9-8-14-4-3-5-15(14)12-16/h1-2,6-9,12H,3-5,10-11,13H2,(H,25,27). The maximum atomic E-state index is 12.4. The molecule has 0 aliphatic heterocycles. The molecule has 0 saturated carbocycles. The molecule has 1 N–H and O–H groups in total. The molecule has 0 heterocycles. The molecule has 2 aromatic carbocycles. The van der Waals surface area contributed by atoms with Crippen molar-refractivity contribution in [1.29, 1.82) is 0 Å². The summed E-state index contributed by atoms with van der Waals surface area (Å²) in [6.45, 7) is -1.45.